The minimum atomic E-state index is -0.0356. The van der Waals surface area contributed by atoms with Crippen LogP contribution in [0.15, 0.2) is 0 Å². The average Bonchev–Trinajstić information content (AvgIpc) is 2.90. The van der Waals surface area contributed by atoms with Crippen LogP contribution in [0.1, 0.15) is 51.9 Å². The number of nitrogens with one attached hydrogen (secondary N) is 1. The van der Waals surface area contributed by atoms with Gasteiger partial charge in [-0.25, -0.2) is 0 Å². The van der Waals surface area contributed by atoms with Crippen molar-refractivity contribution in [3.05, 3.63) is 0 Å². The number of carbonyl (C=O) groups is 2. The van der Waals surface area contributed by atoms with Gasteiger partial charge in [-0.2, -0.15) is 0 Å². The van der Waals surface area contributed by atoms with Crippen LogP contribution in [0.2, 0.25) is 0 Å². The average molecular weight is 295 g/mol. The maximum Gasteiger partial charge on any atom is 0.224 e. The monoisotopic (exact) mass is 295 g/mol. The third-order valence-corrected chi connectivity index (χ3v) is 4.85. The molecular formula is C16H29N3O2. The molecule has 1 saturated heterocycles. The summed E-state index contributed by atoms with van der Waals surface area (Å²) >= 11 is 0. The fraction of sp³-hybridized carbons (Fsp3) is 0.875. The zero-order valence-corrected chi connectivity index (χ0v) is 13.1. The molecule has 21 heavy (non-hydrogen) atoms. The highest BCUT2D eigenvalue weighted by atomic mass is 16.2. The molecule has 1 unspecified atom stereocenters. The Morgan fingerprint density at radius 3 is 2.71 bits per heavy atom. The van der Waals surface area contributed by atoms with E-state index < -0.39 is 0 Å². The lowest BCUT2D eigenvalue weighted by atomic mass is 9.94. The molecule has 2 amide bonds. The third-order valence-electron chi connectivity index (χ3n) is 4.85. The van der Waals surface area contributed by atoms with Crippen molar-refractivity contribution in [2.75, 3.05) is 19.6 Å². The van der Waals surface area contributed by atoms with Crippen LogP contribution >= 0.6 is 0 Å². The van der Waals surface area contributed by atoms with E-state index >= 15 is 0 Å². The largest absolute Gasteiger partial charge is 0.356 e. The summed E-state index contributed by atoms with van der Waals surface area (Å²) in [6, 6.07) is 0.183. The summed E-state index contributed by atoms with van der Waals surface area (Å²) in [4.78, 5) is 26.4. The number of amides is 2. The zero-order chi connectivity index (χ0) is 15.2. The topological polar surface area (TPSA) is 75.4 Å². The second-order valence-electron chi connectivity index (χ2n) is 6.53. The van der Waals surface area contributed by atoms with E-state index in [1.54, 1.807) is 0 Å². The van der Waals surface area contributed by atoms with Crippen LogP contribution in [0.25, 0.3) is 0 Å². The van der Waals surface area contributed by atoms with Gasteiger partial charge in [-0.15, -0.1) is 0 Å². The fourth-order valence-electron chi connectivity index (χ4n) is 3.48. The van der Waals surface area contributed by atoms with E-state index in [4.69, 9.17) is 5.73 Å². The predicted molar refractivity (Wildman–Crippen MR) is 82.5 cm³/mol. The molecule has 1 saturated carbocycles. The van der Waals surface area contributed by atoms with Crippen molar-refractivity contribution in [3.8, 4) is 0 Å². The number of nitrogens with two attached hydrogens (primary N) is 1. The van der Waals surface area contributed by atoms with Gasteiger partial charge in [-0.05, 0) is 38.0 Å². The van der Waals surface area contributed by atoms with E-state index in [1.165, 1.54) is 0 Å². The number of hydrogen-bond acceptors (Lipinski definition) is 3. The van der Waals surface area contributed by atoms with Gasteiger partial charge >= 0.3 is 0 Å². The zero-order valence-electron chi connectivity index (χ0n) is 13.1. The lowest BCUT2D eigenvalue weighted by Crippen LogP contribution is -2.46. The molecule has 0 spiro atoms. The highest BCUT2D eigenvalue weighted by Crippen LogP contribution is 2.28. The molecule has 2 aliphatic rings. The quantitative estimate of drug-likeness (QED) is 0.802. The Hall–Kier alpha value is -1.10. The van der Waals surface area contributed by atoms with Gasteiger partial charge in [-0.3, -0.25) is 9.59 Å². The predicted octanol–water partition coefficient (Wildman–Crippen LogP) is 1.27. The standard InChI is InChI=1S/C16H29N3O2/c1-2-8-18-16(21)13-6-4-9-19(11-13)15(20)10-12-5-3-7-14(12)17/h12-14H,2-11,17H2,1H3,(H,18,21)/t12-,13?,14+/m0/s1. The van der Waals surface area contributed by atoms with Crippen LogP contribution in [-0.4, -0.2) is 42.4 Å². The van der Waals surface area contributed by atoms with Gasteiger partial charge in [0.2, 0.25) is 11.8 Å². The molecule has 0 aromatic heterocycles. The molecule has 3 N–H and O–H groups in total. The summed E-state index contributed by atoms with van der Waals surface area (Å²) in [6.07, 6.45) is 6.57. The first kappa shape index (κ1) is 16.3. The van der Waals surface area contributed by atoms with Gasteiger partial charge in [0.05, 0.1) is 5.92 Å². The normalized spacial score (nSPS) is 29.4. The van der Waals surface area contributed by atoms with Crippen LogP contribution in [-0.2, 0) is 9.59 Å². The van der Waals surface area contributed by atoms with Crippen molar-refractivity contribution in [1.82, 2.24) is 10.2 Å². The van der Waals surface area contributed by atoms with Crippen molar-refractivity contribution in [2.45, 2.75) is 57.9 Å². The second-order valence-corrected chi connectivity index (χ2v) is 6.53. The van der Waals surface area contributed by atoms with E-state index in [-0.39, 0.29) is 23.8 Å². The van der Waals surface area contributed by atoms with Crippen LogP contribution in [0.3, 0.4) is 0 Å². The number of rotatable bonds is 5. The van der Waals surface area contributed by atoms with Crippen LogP contribution in [0.5, 0.6) is 0 Å². The highest BCUT2D eigenvalue weighted by molar-refractivity contribution is 5.81. The Morgan fingerprint density at radius 1 is 1.24 bits per heavy atom. The van der Waals surface area contributed by atoms with Crippen molar-refractivity contribution in [3.63, 3.8) is 0 Å². The molecule has 1 aliphatic carbocycles. The summed E-state index contributed by atoms with van der Waals surface area (Å²) < 4.78 is 0. The summed E-state index contributed by atoms with van der Waals surface area (Å²) in [6.45, 7) is 4.14. The molecule has 5 heteroatoms. The van der Waals surface area contributed by atoms with E-state index in [0.717, 1.165) is 51.6 Å². The maximum absolute atomic E-state index is 12.4. The summed E-state index contributed by atoms with van der Waals surface area (Å²) in [5.74, 6) is 0.593. The lowest BCUT2D eigenvalue weighted by molar-refractivity contribution is -0.136. The molecule has 1 aliphatic heterocycles. The molecule has 120 valence electrons. The summed E-state index contributed by atoms with van der Waals surface area (Å²) in [5, 5.41) is 2.94. The van der Waals surface area contributed by atoms with Gasteiger partial charge in [0.15, 0.2) is 0 Å². The van der Waals surface area contributed by atoms with Crippen molar-refractivity contribution in [2.24, 2.45) is 17.6 Å². The lowest BCUT2D eigenvalue weighted by Gasteiger charge is -2.33. The number of likely N-dealkylation sites (tertiary alicyclic amines) is 1. The molecule has 3 atom stereocenters. The molecule has 2 rings (SSSR count). The van der Waals surface area contributed by atoms with Gasteiger partial charge in [0.25, 0.3) is 0 Å². The molecule has 2 fully saturated rings. The smallest absolute Gasteiger partial charge is 0.224 e. The Bertz CT molecular complexity index is 373. The van der Waals surface area contributed by atoms with Crippen molar-refractivity contribution >= 4 is 11.8 Å². The number of carbonyl (C=O) groups excluding carboxylic acids is 2. The SMILES string of the molecule is CCCNC(=O)C1CCCN(C(=O)C[C@@H]2CCC[C@H]2N)C1. The molecule has 0 aromatic rings. The fourth-order valence-corrected chi connectivity index (χ4v) is 3.48. The van der Waals surface area contributed by atoms with Gasteiger partial charge in [0, 0.05) is 32.1 Å². The molecule has 0 bridgehead atoms. The van der Waals surface area contributed by atoms with Crippen LogP contribution < -0.4 is 11.1 Å². The Labute approximate surface area is 127 Å². The Kier molecular flexibility index (Phi) is 6.03. The van der Waals surface area contributed by atoms with Gasteiger partial charge in [-0.1, -0.05) is 13.3 Å². The third kappa shape index (κ3) is 4.43. The summed E-state index contributed by atoms with van der Waals surface area (Å²) in [7, 11) is 0. The van der Waals surface area contributed by atoms with Crippen LogP contribution in [0, 0.1) is 11.8 Å². The summed E-state index contributed by atoms with van der Waals surface area (Å²) in [5.41, 5.74) is 6.05. The molecular weight excluding hydrogens is 266 g/mol. The molecule has 5 nitrogen and oxygen atoms in total. The Balaban J connectivity index is 1.82. The second kappa shape index (κ2) is 7.78. The van der Waals surface area contributed by atoms with Crippen LogP contribution in [0.4, 0.5) is 0 Å². The minimum Gasteiger partial charge on any atom is -0.356 e. The molecule has 0 radical (unpaired) electrons. The first-order valence-electron chi connectivity index (χ1n) is 8.43. The van der Waals surface area contributed by atoms with Gasteiger partial charge < -0.3 is 16.0 Å². The number of nitrogens with zero attached hydrogens (tertiary/aromatic N) is 1. The van der Waals surface area contributed by atoms with E-state index in [2.05, 4.69) is 5.32 Å². The van der Waals surface area contributed by atoms with E-state index in [9.17, 15) is 9.59 Å². The highest BCUT2D eigenvalue weighted by Gasteiger charge is 2.31. The first-order valence-corrected chi connectivity index (χ1v) is 8.43. The number of piperidine rings is 1. The molecule has 0 aromatic carbocycles. The van der Waals surface area contributed by atoms with Gasteiger partial charge in [0.1, 0.15) is 0 Å². The van der Waals surface area contributed by atoms with E-state index in [1.807, 2.05) is 11.8 Å². The number of hydrogen-bond donors (Lipinski definition) is 2. The first-order chi connectivity index (χ1) is 10.1. The maximum atomic E-state index is 12.4. The Morgan fingerprint density at radius 2 is 2.05 bits per heavy atom. The van der Waals surface area contributed by atoms with Crippen molar-refractivity contribution in [1.29, 1.82) is 0 Å². The van der Waals surface area contributed by atoms with Crippen molar-refractivity contribution < 1.29 is 9.59 Å². The minimum absolute atomic E-state index is 0.0356. The van der Waals surface area contributed by atoms with E-state index in [0.29, 0.717) is 18.9 Å². The molecule has 1 heterocycles.